The van der Waals surface area contributed by atoms with E-state index in [0.717, 1.165) is 0 Å². The molecule has 0 radical (unpaired) electrons. The number of nitrogens with two attached hydrogens (primary N) is 1. The molecule has 0 unspecified atom stereocenters. The number of rotatable bonds is 3. The molecule has 0 atom stereocenters. The Hall–Kier alpha value is -2.19. The van der Waals surface area contributed by atoms with Crippen molar-refractivity contribution < 1.29 is 9.59 Å². The van der Waals surface area contributed by atoms with Crippen molar-refractivity contribution in [1.29, 1.82) is 0 Å². The maximum absolute atomic E-state index is 12.6. The van der Waals surface area contributed by atoms with Crippen molar-refractivity contribution in [2.75, 3.05) is 11.4 Å². The van der Waals surface area contributed by atoms with E-state index in [1.165, 1.54) is 4.90 Å². The van der Waals surface area contributed by atoms with Gasteiger partial charge in [-0.05, 0) is 25.0 Å². The predicted molar refractivity (Wildman–Crippen MR) is 80.3 cm³/mol. The molecule has 1 aliphatic heterocycles. The molecule has 1 aliphatic rings. The van der Waals surface area contributed by atoms with E-state index in [1.807, 2.05) is 13.8 Å². The molecule has 0 bridgehead atoms. The fraction of sp³-hybridized carbons (Fsp3) is 0.438. The van der Waals surface area contributed by atoms with Crippen molar-refractivity contribution >= 4 is 17.6 Å². The number of pyridine rings is 1. The monoisotopic (exact) mass is 285 g/mol. The summed E-state index contributed by atoms with van der Waals surface area (Å²) < 4.78 is 0. The molecule has 2 heterocycles. The number of carbonyl (C=O) groups excluding carboxylic acids is 2. The van der Waals surface area contributed by atoms with Gasteiger partial charge in [-0.25, -0.2) is 9.88 Å². The molecule has 0 aliphatic carbocycles. The summed E-state index contributed by atoms with van der Waals surface area (Å²) >= 11 is 0. The molecule has 2 N–H and O–H groups in total. The SMILES string of the molecule is CCC1(CC)CC(=O)N(c2cc(C#CCN)ccn2)C1=O. The van der Waals surface area contributed by atoms with Crippen LogP contribution in [0.1, 0.15) is 38.7 Å². The van der Waals surface area contributed by atoms with Crippen molar-refractivity contribution in [3.05, 3.63) is 23.9 Å². The van der Waals surface area contributed by atoms with Crippen LogP contribution in [-0.2, 0) is 9.59 Å². The third-order valence-corrected chi connectivity index (χ3v) is 4.06. The Morgan fingerprint density at radius 2 is 2.10 bits per heavy atom. The van der Waals surface area contributed by atoms with Crippen molar-refractivity contribution in [2.24, 2.45) is 11.1 Å². The summed E-state index contributed by atoms with van der Waals surface area (Å²) in [6.45, 7) is 4.14. The standard InChI is InChI=1S/C16H19N3O2/c1-3-16(4-2)11-14(20)19(15(16)21)13-10-12(6-5-8-17)7-9-18-13/h7,9-10H,3-4,8,11,17H2,1-2H3. The van der Waals surface area contributed by atoms with Gasteiger partial charge in [0.1, 0.15) is 5.82 Å². The van der Waals surface area contributed by atoms with Crippen LogP contribution in [0.3, 0.4) is 0 Å². The lowest BCUT2D eigenvalue weighted by Gasteiger charge is -2.23. The van der Waals surface area contributed by atoms with Gasteiger partial charge >= 0.3 is 0 Å². The molecular weight excluding hydrogens is 266 g/mol. The highest BCUT2D eigenvalue weighted by molar-refractivity contribution is 6.22. The third kappa shape index (κ3) is 2.67. The van der Waals surface area contributed by atoms with Crippen molar-refractivity contribution in [3.8, 4) is 11.8 Å². The summed E-state index contributed by atoms with van der Waals surface area (Å²) in [4.78, 5) is 30.2. The summed E-state index contributed by atoms with van der Waals surface area (Å²) in [7, 11) is 0. The van der Waals surface area contributed by atoms with Gasteiger partial charge < -0.3 is 5.73 Å². The maximum Gasteiger partial charge on any atom is 0.241 e. The van der Waals surface area contributed by atoms with Gasteiger partial charge in [-0.15, -0.1) is 0 Å². The highest BCUT2D eigenvalue weighted by atomic mass is 16.2. The minimum absolute atomic E-state index is 0.158. The summed E-state index contributed by atoms with van der Waals surface area (Å²) in [5.74, 6) is 5.62. The highest BCUT2D eigenvalue weighted by Gasteiger charge is 2.50. The molecule has 5 heteroatoms. The maximum atomic E-state index is 12.6. The van der Waals surface area contributed by atoms with Crippen molar-refractivity contribution in [2.45, 2.75) is 33.1 Å². The zero-order chi connectivity index (χ0) is 15.5. The molecule has 0 spiro atoms. The van der Waals surface area contributed by atoms with E-state index in [-0.39, 0.29) is 24.8 Å². The van der Waals surface area contributed by atoms with E-state index in [9.17, 15) is 9.59 Å². The Bertz CT molecular complexity index is 624. The fourth-order valence-electron chi connectivity index (χ4n) is 2.60. The molecule has 2 rings (SSSR count). The van der Waals surface area contributed by atoms with Crippen molar-refractivity contribution in [1.82, 2.24) is 4.98 Å². The second-order valence-electron chi connectivity index (χ2n) is 5.11. The molecule has 1 fully saturated rings. The van der Waals surface area contributed by atoms with Gasteiger partial charge in [0, 0.05) is 18.2 Å². The van der Waals surface area contributed by atoms with E-state index in [1.54, 1.807) is 18.3 Å². The molecular formula is C16H19N3O2. The highest BCUT2D eigenvalue weighted by Crippen LogP contribution is 2.40. The Kier molecular flexibility index (Phi) is 4.39. The fourth-order valence-corrected chi connectivity index (χ4v) is 2.60. The smallest absolute Gasteiger partial charge is 0.241 e. The van der Waals surface area contributed by atoms with Crippen LogP contribution in [-0.4, -0.2) is 23.3 Å². The summed E-state index contributed by atoms with van der Waals surface area (Å²) in [5, 5.41) is 0. The molecule has 21 heavy (non-hydrogen) atoms. The van der Waals surface area contributed by atoms with Gasteiger partial charge in [-0.2, -0.15) is 0 Å². The minimum atomic E-state index is -0.586. The molecule has 5 nitrogen and oxygen atoms in total. The van der Waals surface area contributed by atoms with Crippen LogP contribution in [0, 0.1) is 17.3 Å². The summed E-state index contributed by atoms with van der Waals surface area (Å²) in [5.41, 5.74) is 5.45. The summed E-state index contributed by atoms with van der Waals surface area (Å²) in [6.07, 6.45) is 3.10. The van der Waals surface area contributed by atoms with Crippen LogP contribution in [0.2, 0.25) is 0 Å². The number of nitrogens with zero attached hydrogens (tertiary/aromatic N) is 2. The molecule has 1 aromatic heterocycles. The van der Waals surface area contributed by atoms with Crippen LogP contribution < -0.4 is 10.6 Å². The Morgan fingerprint density at radius 1 is 1.38 bits per heavy atom. The van der Waals surface area contributed by atoms with E-state index >= 15 is 0 Å². The van der Waals surface area contributed by atoms with Gasteiger partial charge in [-0.3, -0.25) is 9.59 Å². The van der Waals surface area contributed by atoms with E-state index in [4.69, 9.17) is 5.73 Å². The first-order chi connectivity index (χ1) is 10.1. The van der Waals surface area contributed by atoms with E-state index in [2.05, 4.69) is 16.8 Å². The van der Waals surface area contributed by atoms with E-state index in [0.29, 0.717) is 24.2 Å². The molecule has 2 amide bonds. The largest absolute Gasteiger partial charge is 0.320 e. The van der Waals surface area contributed by atoms with Crippen molar-refractivity contribution in [3.63, 3.8) is 0 Å². The van der Waals surface area contributed by atoms with E-state index < -0.39 is 5.41 Å². The molecule has 0 aromatic carbocycles. The Balaban J connectivity index is 2.38. The Labute approximate surface area is 124 Å². The zero-order valence-corrected chi connectivity index (χ0v) is 12.3. The lowest BCUT2D eigenvalue weighted by atomic mass is 9.81. The number of anilines is 1. The number of aromatic nitrogens is 1. The van der Waals surface area contributed by atoms with Crippen LogP contribution in [0.15, 0.2) is 18.3 Å². The number of imide groups is 1. The quantitative estimate of drug-likeness (QED) is 0.674. The zero-order valence-electron chi connectivity index (χ0n) is 12.3. The van der Waals surface area contributed by atoms with Gasteiger partial charge in [0.25, 0.3) is 0 Å². The minimum Gasteiger partial charge on any atom is -0.320 e. The predicted octanol–water partition coefficient (Wildman–Crippen LogP) is 1.46. The average molecular weight is 285 g/mol. The number of hydrogen-bond donors (Lipinski definition) is 1. The average Bonchev–Trinajstić information content (AvgIpc) is 2.76. The van der Waals surface area contributed by atoms with Crippen LogP contribution in [0.4, 0.5) is 5.82 Å². The lowest BCUT2D eigenvalue weighted by Crippen LogP contribution is -2.35. The summed E-state index contributed by atoms with van der Waals surface area (Å²) in [6, 6.07) is 3.38. The van der Waals surface area contributed by atoms with Crippen LogP contribution >= 0.6 is 0 Å². The number of hydrogen-bond acceptors (Lipinski definition) is 4. The second kappa shape index (κ2) is 6.06. The first kappa shape index (κ1) is 15.2. The first-order valence-corrected chi connectivity index (χ1v) is 7.10. The molecule has 110 valence electrons. The Morgan fingerprint density at radius 3 is 2.67 bits per heavy atom. The normalized spacial score (nSPS) is 16.8. The van der Waals surface area contributed by atoms with Gasteiger partial charge in [0.05, 0.1) is 12.0 Å². The second-order valence-corrected chi connectivity index (χ2v) is 5.11. The molecule has 1 aromatic rings. The van der Waals surface area contributed by atoms with Crippen LogP contribution in [0.5, 0.6) is 0 Å². The van der Waals surface area contributed by atoms with Gasteiger partial charge in [-0.1, -0.05) is 25.7 Å². The number of carbonyl (C=O) groups is 2. The topological polar surface area (TPSA) is 76.3 Å². The van der Waals surface area contributed by atoms with Gasteiger partial charge in [0.2, 0.25) is 11.8 Å². The van der Waals surface area contributed by atoms with Gasteiger partial charge in [0.15, 0.2) is 0 Å². The number of amides is 2. The molecule has 1 saturated heterocycles. The first-order valence-electron chi connectivity index (χ1n) is 7.10. The lowest BCUT2D eigenvalue weighted by molar-refractivity contribution is -0.126. The van der Waals surface area contributed by atoms with Crippen LogP contribution in [0.25, 0.3) is 0 Å². The molecule has 0 saturated carbocycles. The third-order valence-electron chi connectivity index (χ3n) is 4.06.